The highest BCUT2D eigenvalue weighted by Crippen LogP contribution is 2.45. The lowest BCUT2D eigenvalue weighted by Crippen LogP contribution is -2.27. The van der Waals surface area contributed by atoms with Crippen molar-refractivity contribution in [3.63, 3.8) is 0 Å². The van der Waals surface area contributed by atoms with E-state index < -0.39 is 7.37 Å². The number of rotatable bonds is 40. The first-order chi connectivity index (χ1) is 28.9. The third-order valence-electron chi connectivity index (χ3n) is 11.1. The molecular formula is C52H87O6P. The van der Waals surface area contributed by atoms with Gasteiger partial charge in [-0.1, -0.05) is 203 Å². The lowest BCUT2D eigenvalue weighted by Gasteiger charge is -2.25. The van der Waals surface area contributed by atoms with Crippen LogP contribution in [-0.2, 0) is 14.0 Å². The highest BCUT2D eigenvalue weighted by molar-refractivity contribution is 7.58. The molecule has 0 saturated carbocycles. The Kier molecular flexibility index (Phi) is 32.5. The Hall–Kier alpha value is -2.37. The van der Waals surface area contributed by atoms with E-state index in [-0.39, 0.29) is 24.2 Å². The minimum Gasteiger partial charge on any atom is -0.493 e. The number of allylic oxidation sites excluding steroid dienone is 2. The molecule has 0 aliphatic heterocycles. The molecule has 0 aromatic heterocycles. The first-order valence-corrected chi connectivity index (χ1v) is 26.1. The molecule has 7 heteroatoms. The van der Waals surface area contributed by atoms with Gasteiger partial charge in [-0.25, -0.2) is 0 Å². The molecule has 0 aliphatic carbocycles. The second-order valence-electron chi connectivity index (χ2n) is 16.9. The summed E-state index contributed by atoms with van der Waals surface area (Å²) in [7, 11) is -3.62. The van der Waals surface area contributed by atoms with Crippen LogP contribution in [0, 0.1) is 11.8 Å². The summed E-state index contributed by atoms with van der Waals surface area (Å²) < 4.78 is 39.3. The number of hydrogen-bond acceptors (Lipinski definition) is 5. The fourth-order valence-electron chi connectivity index (χ4n) is 7.70. The molecule has 0 radical (unpaired) electrons. The van der Waals surface area contributed by atoms with E-state index in [9.17, 15) is 9.46 Å². The first-order valence-electron chi connectivity index (χ1n) is 24.1. The normalized spacial score (nSPS) is 13.9. The van der Waals surface area contributed by atoms with Gasteiger partial charge in [0.15, 0.2) is 0 Å². The van der Waals surface area contributed by atoms with Crippen molar-refractivity contribution in [3.05, 3.63) is 71.8 Å². The van der Waals surface area contributed by atoms with E-state index in [0.717, 1.165) is 48.3 Å². The van der Waals surface area contributed by atoms with Gasteiger partial charge in [0.25, 0.3) is 0 Å². The molecule has 2 rings (SSSR count). The first kappa shape index (κ1) is 52.8. The van der Waals surface area contributed by atoms with E-state index in [0.29, 0.717) is 39.6 Å². The van der Waals surface area contributed by atoms with Crippen LogP contribution in [-0.4, -0.2) is 56.9 Å². The predicted molar refractivity (Wildman–Crippen MR) is 254 cm³/mol. The molecule has 0 amide bonds. The largest absolute Gasteiger partial charge is 0.493 e. The van der Waals surface area contributed by atoms with Crippen molar-refractivity contribution in [2.45, 2.75) is 169 Å². The van der Waals surface area contributed by atoms with Gasteiger partial charge in [-0.3, -0.25) is 4.57 Å². The second-order valence-corrected chi connectivity index (χ2v) is 19.3. The lowest BCUT2D eigenvalue weighted by molar-refractivity contribution is 0.0792. The molecule has 2 atom stereocenters. The highest BCUT2D eigenvalue weighted by Gasteiger charge is 2.30. The topological polar surface area (TPSA) is 74.2 Å². The summed E-state index contributed by atoms with van der Waals surface area (Å²) in [5, 5.41) is 0. The highest BCUT2D eigenvalue weighted by atomic mass is 31.2. The number of benzene rings is 2. The van der Waals surface area contributed by atoms with Crippen LogP contribution >= 0.6 is 7.37 Å². The number of unbranched alkanes of at least 4 members (excludes halogenated alkanes) is 20. The maximum Gasteiger partial charge on any atom is 0.201 e. The van der Waals surface area contributed by atoms with Crippen molar-refractivity contribution < 1.29 is 28.4 Å². The van der Waals surface area contributed by atoms with Crippen molar-refractivity contribution in [1.29, 1.82) is 0 Å². The Bertz CT molecular complexity index is 1270. The Morgan fingerprint density at radius 3 is 1.15 bits per heavy atom. The third-order valence-corrected chi connectivity index (χ3v) is 13.2. The van der Waals surface area contributed by atoms with Gasteiger partial charge in [0, 0.05) is 48.5 Å². The van der Waals surface area contributed by atoms with Crippen molar-refractivity contribution >= 4 is 19.5 Å². The van der Waals surface area contributed by atoms with Gasteiger partial charge in [-0.05, 0) is 38.8 Å². The van der Waals surface area contributed by atoms with Gasteiger partial charge >= 0.3 is 0 Å². The van der Waals surface area contributed by atoms with Crippen LogP contribution in [0.25, 0.3) is 12.2 Å². The Morgan fingerprint density at radius 1 is 0.492 bits per heavy atom. The monoisotopic (exact) mass is 839 g/mol. The zero-order valence-electron chi connectivity index (χ0n) is 38.2. The zero-order valence-corrected chi connectivity index (χ0v) is 39.1. The molecule has 59 heavy (non-hydrogen) atoms. The van der Waals surface area contributed by atoms with Crippen LogP contribution in [0.2, 0.25) is 0 Å². The molecule has 0 heterocycles. The molecule has 0 aliphatic rings. The lowest BCUT2D eigenvalue weighted by atomic mass is 10.1. The van der Waals surface area contributed by atoms with Gasteiger partial charge in [0.05, 0.1) is 26.4 Å². The smallest absolute Gasteiger partial charge is 0.201 e. The summed E-state index contributed by atoms with van der Waals surface area (Å²) in [5.74, 6) is 1.09. The quantitative estimate of drug-likeness (QED) is 0.0532. The average Bonchev–Trinajstić information content (AvgIpc) is 3.23. The van der Waals surface area contributed by atoms with Gasteiger partial charge in [0.2, 0.25) is 7.37 Å². The van der Waals surface area contributed by atoms with Crippen molar-refractivity contribution in [1.82, 2.24) is 0 Å². The summed E-state index contributed by atoms with van der Waals surface area (Å²) >= 11 is 0. The maximum absolute atomic E-state index is 14.2. The van der Waals surface area contributed by atoms with Crippen molar-refractivity contribution in [2.75, 3.05) is 52.0 Å². The van der Waals surface area contributed by atoms with E-state index >= 15 is 0 Å². The van der Waals surface area contributed by atoms with E-state index in [1.807, 2.05) is 86.7 Å². The van der Waals surface area contributed by atoms with Gasteiger partial charge in [-0.2, -0.15) is 0 Å². The molecule has 0 fully saturated rings. The Balaban J connectivity index is 1.96. The van der Waals surface area contributed by atoms with Crippen molar-refractivity contribution in [3.8, 4) is 11.5 Å². The molecule has 2 aromatic carbocycles. The SMILES string of the molecule is CC=Cc1ccccc1OCC(COCCCCCCCCCCCCC)CP(=O)(O)CC(COCCCCCCCCCCCCC)COc1ccccc1C=CC. The van der Waals surface area contributed by atoms with E-state index in [1.54, 1.807) is 0 Å². The number of para-hydroxylation sites is 2. The molecule has 2 unspecified atom stereocenters. The maximum atomic E-state index is 14.2. The summed E-state index contributed by atoms with van der Waals surface area (Å²) in [6.45, 7) is 11.2. The van der Waals surface area contributed by atoms with Crippen molar-refractivity contribution in [2.24, 2.45) is 11.8 Å². The summed E-state index contributed by atoms with van der Waals surface area (Å²) in [4.78, 5) is 11.6. The summed E-state index contributed by atoms with van der Waals surface area (Å²) in [5.41, 5.74) is 1.99. The van der Waals surface area contributed by atoms with E-state index in [2.05, 4.69) is 13.8 Å². The Morgan fingerprint density at radius 2 is 0.814 bits per heavy atom. The van der Waals surface area contributed by atoms with Gasteiger partial charge in [0.1, 0.15) is 11.5 Å². The summed E-state index contributed by atoms with van der Waals surface area (Å²) in [6, 6.07) is 15.9. The Labute approximate surface area is 362 Å². The molecular weight excluding hydrogens is 752 g/mol. The zero-order chi connectivity index (χ0) is 42.5. The molecule has 336 valence electrons. The summed E-state index contributed by atoms with van der Waals surface area (Å²) in [6.07, 6.45) is 36.6. The molecule has 2 aromatic rings. The molecule has 1 N–H and O–H groups in total. The number of ether oxygens (including phenoxy) is 4. The fraction of sp³-hybridized carbons (Fsp3) is 0.692. The minimum absolute atomic E-state index is 0.126. The standard InChI is InChI=1S/C52H87O6P/c1-5-9-11-13-15-17-19-21-23-25-31-39-55-41-47(43-57-51-37-29-27-35-49(51)33-7-3)45-59(53,54)46-48(44-58-52-38-30-28-36-50(52)34-8-4)42-56-40-32-26-24-22-20-18-16-14-12-10-6-2/h7-8,27-30,33-38,47-48H,5-6,9-26,31-32,39-46H2,1-4H3,(H,53,54). The number of hydrogen-bond donors (Lipinski definition) is 1. The molecule has 0 spiro atoms. The fourth-order valence-corrected chi connectivity index (χ4v) is 9.88. The van der Waals surface area contributed by atoms with Crippen LogP contribution in [0.3, 0.4) is 0 Å². The van der Waals surface area contributed by atoms with E-state index in [4.69, 9.17) is 18.9 Å². The van der Waals surface area contributed by atoms with Crippen LogP contribution in [0.15, 0.2) is 60.7 Å². The van der Waals surface area contributed by atoms with Crippen LogP contribution in [0.1, 0.15) is 180 Å². The van der Waals surface area contributed by atoms with Crippen LogP contribution in [0.5, 0.6) is 11.5 Å². The van der Waals surface area contributed by atoms with Gasteiger partial charge < -0.3 is 23.8 Å². The molecule has 0 bridgehead atoms. The van der Waals surface area contributed by atoms with Crippen LogP contribution < -0.4 is 9.47 Å². The molecule has 0 saturated heterocycles. The minimum atomic E-state index is -3.62. The van der Waals surface area contributed by atoms with Crippen LogP contribution in [0.4, 0.5) is 0 Å². The van der Waals surface area contributed by atoms with Gasteiger partial charge in [-0.15, -0.1) is 0 Å². The average molecular weight is 839 g/mol. The third kappa shape index (κ3) is 28.0. The molecule has 6 nitrogen and oxygen atoms in total. The predicted octanol–water partition coefficient (Wildman–Crippen LogP) is 15.4. The second kappa shape index (κ2) is 36.3. The van der Waals surface area contributed by atoms with E-state index in [1.165, 1.54) is 116 Å².